The Kier molecular flexibility index (Phi) is 4.63. The number of hydrogen-bond donors (Lipinski definition) is 1. The van der Waals surface area contributed by atoms with Crippen molar-refractivity contribution in [2.75, 3.05) is 13.7 Å². The number of rotatable bonds is 6. The molecule has 0 amide bonds. The SMILES string of the molecule is CCNC(c1cccc(OC)c1)c1ccc(CC)o1. The fourth-order valence-electron chi connectivity index (χ4n) is 2.15. The molecular formula is C16H21NO2. The molecule has 0 saturated carbocycles. The van der Waals surface area contributed by atoms with E-state index in [1.807, 2.05) is 30.3 Å². The number of methoxy groups -OCH3 is 1. The van der Waals surface area contributed by atoms with Crippen molar-refractivity contribution in [3.8, 4) is 5.75 Å². The van der Waals surface area contributed by atoms with E-state index in [-0.39, 0.29) is 6.04 Å². The Hall–Kier alpha value is -1.74. The van der Waals surface area contributed by atoms with Crippen molar-refractivity contribution in [2.45, 2.75) is 26.3 Å². The summed E-state index contributed by atoms with van der Waals surface area (Å²) in [4.78, 5) is 0. The van der Waals surface area contributed by atoms with Crippen molar-refractivity contribution >= 4 is 0 Å². The van der Waals surface area contributed by atoms with Crippen molar-refractivity contribution in [1.82, 2.24) is 5.32 Å². The van der Waals surface area contributed by atoms with E-state index >= 15 is 0 Å². The summed E-state index contributed by atoms with van der Waals surface area (Å²) in [6, 6.07) is 12.2. The fourth-order valence-corrected chi connectivity index (χ4v) is 2.15. The molecular weight excluding hydrogens is 238 g/mol. The van der Waals surface area contributed by atoms with Crippen molar-refractivity contribution in [3.63, 3.8) is 0 Å². The maximum absolute atomic E-state index is 5.87. The topological polar surface area (TPSA) is 34.4 Å². The first-order valence-electron chi connectivity index (χ1n) is 6.74. The number of aryl methyl sites for hydroxylation is 1. The van der Waals surface area contributed by atoms with E-state index in [1.165, 1.54) is 0 Å². The first-order chi connectivity index (χ1) is 9.28. The van der Waals surface area contributed by atoms with E-state index in [0.29, 0.717) is 0 Å². The third-order valence-corrected chi connectivity index (χ3v) is 3.15. The third-order valence-electron chi connectivity index (χ3n) is 3.15. The molecule has 0 saturated heterocycles. The van der Waals surface area contributed by atoms with E-state index in [0.717, 1.165) is 35.8 Å². The normalized spacial score (nSPS) is 12.4. The van der Waals surface area contributed by atoms with Gasteiger partial charge in [0.2, 0.25) is 0 Å². The largest absolute Gasteiger partial charge is 0.497 e. The fraction of sp³-hybridized carbons (Fsp3) is 0.375. The maximum atomic E-state index is 5.87. The number of nitrogens with one attached hydrogen (secondary N) is 1. The number of benzene rings is 1. The lowest BCUT2D eigenvalue weighted by Gasteiger charge is -2.16. The second kappa shape index (κ2) is 6.43. The number of furan rings is 1. The summed E-state index contributed by atoms with van der Waals surface area (Å²) in [6.45, 7) is 5.07. The van der Waals surface area contributed by atoms with Gasteiger partial charge in [0.1, 0.15) is 17.3 Å². The van der Waals surface area contributed by atoms with E-state index in [2.05, 4.69) is 25.2 Å². The Bertz CT molecular complexity index is 519. The molecule has 0 aliphatic heterocycles. The van der Waals surface area contributed by atoms with Gasteiger partial charge in [-0.05, 0) is 36.4 Å². The Morgan fingerprint density at radius 2 is 2.05 bits per heavy atom. The molecule has 1 heterocycles. The summed E-state index contributed by atoms with van der Waals surface area (Å²) in [6.07, 6.45) is 0.914. The van der Waals surface area contributed by atoms with Crippen molar-refractivity contribution in [1.29, 1.82) is 0 Å². The number of hydrogen-bond acceptors (Lipinski definition) is 3. The van der Waals surface area contributed by atoms with Gasteiger partial charge in [0.15, 0.2) is 0 Å². The van der Waals surface area contributed by atoms with Gasteiger partial charge in [-0.1, -0.05) is 26.0 Å². The Labute approximate surface area is 114 Å². The first kappa shape index (κ1) is 13.7. The minimum atomic E-state index is 0.0698. The van der Waals surface area contributed by atoms with Crippen LogP contribution in [0.4, 0.5) is 0 Å². The van der Waals surface area contributed by atoms with Gasteiger partial charge in [-0.3, -0.25) is 0 Å². The lowest BCUT2D eigenvalue weighted by atomic mass is 10.0. The van der Waals surface area contributed by atoms with E-state index in [4.69, 9.17) is 9.15 Å². The summed E-state index contributed by atoms with van der Waals surface area (Å²) in [7, 11) is 1.68. The highest BCUT2D eigenvalue weighted by atomic mass is 16.5. The van der Waals surface area contributed by atoms with Gasteiger partial charge in [-0.25, -0.2) is 0 Å². The van der Waals surface area contributed by atoms with Crippen LogP contribution in [0.1, 0.15) is 37.0 Å². The molecule has 0 aliphatic carbocycles. The standard InChI is InChI=1S/C16H21NO2/c1-4-13-9-10-15(19-13)16(17-5-2)12-7-6-8-14(11-12)18-3/h6-11,16-17H,4-5H2,1-3H3. The van der Waals surface area contributed by atoms with Crippen LogP contribution in [-0.4, -0.2) is 13.7 Å². The smallest absolute Gasteiger partial charge is 0.125 e. The Balaban J connectivity index is 2.32. The lowest BCUT2D eigenvalue weighted by Crippen LogP contribution is -2.21. The van der Waals surface area contributed by atoms with Crippen LogP contribution in [0.15, 0.2) is 40.8 Å². The van der Waals surface area contributed by atoms with Crippen LogP contribution in [-0.2, 0) is 6.42 Å². The van der Waals surface area contributed by atoms with Gasteiger partial charge < -0.3 is 14.5 Å². The molecule has 0 spiro atoms. The van der Waals surface area contributed by atoms with Gasteiger partial charge in [-0.15, -0.1) is 0 Å². The molecule has 19 heavy (non-hydrogen) atoms. The highest BCUT2D eigenvalue weighted by molar-refractivity contribution is 5.34. The molecule has 2 rings (SSSR count). The summed E-state index contributed by atoms with van der Waals surface area (Å²) in [5.41, 5.74) is 1.15. The van der Waals surface area contributed by atoms with Gasteiger partial charge in [0.05, 0.1) is 13.2 Å². The predicted molar refractivity (Wildman–Crippen MR) is 76.6 cm³/mol. The molecule has 0 fully saturated rings. The van der Waals surface area contributed by atoms with E-state index in [9.17, 15) is 0 Å². The third kappa shape index (κ3) is 3.18. The number of ether oxygens (including phenoxy) is 1. The summed E-state index contributed by atoms with van der Waals surface area (Å²) < 4.78 is 11.2. The van der Waals surface area contributed by atoms with Crippen LogP contribution in [0, 0.1) is 0 Å². The second-order valence-electron chi connectivity index (χ2n) is 4.42. The maximum Gasteiger partial charge on any atom is 0.125 e. The molecule has 0 aliphatic rings. The molecule has 102 valence electrons. The second-order valence-corrected chi connectivity index (χ2v) is 4.42. The van der Waals surface area contributed by atoms with Gasteiger partial charge in [0, 0.05) is 6.42 Å². The molecule has 1 atom stereocenters. The molecule has 0 bridgehead atoms. The van der Waals surface area contributed by atoms with Crippen LogP contribution >= 0.6 is 0 Å². The van der Waals surface area contributed by atoms with Crippen molar-refractivity contribution < 1.29 is 9.15 Å². The van der Waals surface area contributed by atoms with Gasteiger partial charge in [-0.2, -0.15) is 0 Å². The molecule has 1 N–H and O–H groups in total. The zero-order valence-corrected chi connectivity index (χ0v) is 11.8. The quantitative estimate of drug-likeness (QED) is 0.861. The highest BCUT2D eigenvalue weighted by Gasteiger charge is 2.17. The minimum Gasteiger partial charge on any atom is -0.497 e. The van der Waals surface area contributed by atoms with Crippen LogP contribution in [0.2, 0.25) is 0 Å². The zero-order chi connectivity index (χ0) is 13.7. The molecule has 3 heteroatoms. The highest BCUT2D eigenvalue weighted by Crippen LogP contribution is 2.26. The summed E-state index contributed by atoms with van der Waals surface area (Å²) >= 11 is 0. The van der Waals surface area contributed by atoms with Crippen LogP contribution in [0.5, 0.6) is 5.75 Å². The summed E-state index contributed by atoms with van der Waals surface area (Å²) in [5.74, 6) is 2.83. The molecule has 1 unspecified atom stereocenters. The van der Waals surface area contributed by atoms with Gasteiger partial charge >= 0.3 is 0 Å². The first-order valence-corrected chi connectivity index (χ1v) is 6.74. The van der Waals surface area contributed by atoms with Gasteiger partial charge in [0.25, 0.3) is 0 Å². The molecule has 1 aromatic heterocycles. The minimum absolute atomic E-state index is 0.0698. The van der Waals surface area contributed by atoms with Crippen molar-refractivity contribution in [3.05, 3.63) is 53.5 Å². The zero-order valence-electron chi connectivity index (χ0n) is 11.8. The molecule has 3 nitrogen and oxygen atoms in total. The molecule has 2 aromatic rings. The van der Waals surface area contributed by atoms with E-state index in [1.54, 1.807) is 7.11 Å². The lowest BCUT2D eigenvalue weighted by molar-refractivity contribution is 0.409. The average molecular weight is 259 g/mol. The predicted octanol–water partition coefficient (Wildman–Crippen LogP) is 3.55. The monoisotopic (exact) mass is 259 g/mol. The molecule has 0 radical (unpaired) electrons. The van der Waals surface area contributed by atoms with Crippen LogP contribution in [0.25, 0.3) is 0 Å². The van der Waals surface area contributed by atoms with Crippen molar-refractivity contribution in [2.24, 2.45) is 0 Å². The molecule has 1 aromatic carbocycles. The Morgan fingerprint density at radius 3 is 2.68 bits per heavy atom. The van der Waals surface area contributed by atoms with Crippen LogP contribution < -0.4 is 10.1 Å². The van der Waals surface area contributed by atoms with E-state index < -0.39 is 0 Å². The Morgan fingerprint density at radius 1 is 1.21 bits per heavy atom. The average Bonchev–Trinajstić information content (AvgIpc) is 2.93. The summed E-state index contributed by atoms with van der Waals surface area (Å²) in [5, 5.41) is 3.45. The van der Waals surface area contributed by atoms with Crippen LogP contribution in [0.3, 0.4) is 0 Å².